The zero-order chi connectivity index (χ0) is 21.2. The second-order valence-corrected chi connectivity index (χ2v) is 8.51. The molecule has 7 nitrogen and oxygen atoms in total. The van der Waals surface area contributed by atoms with E-state index >= 15 is 0 Å². The van der Waals surface area contributed by atoms with E-state index in [2.05, 4.69) is 5.32 Å². The molecule has 1 amide bonds. The van der Waals surface area contributed by atoms with Gasteiger partial charge in [-0.2, -0.15) is 0 Å². The second-order valence-electron chi connectivity index (χ2n) is 5.81. The van der Waals surface area contributed by atoms with Gasteiger partial charge in [0.25, 0.3) is 11.6 Å². The summed E-state index contributed by atoms with van der Waals surface area (Å²) in [6.07, 6.45) is 0. The van der Waals surface area contributed by atoms with E-state index in [1.807, 2.05) is 0 Å². The van der Waals surface area contributed by atoms with E-state index in [9.17, 15) is 23.3 Å². The van der Waals surface area contributed by atoms with Crippen molar-refractivity contribution in [3.05, 3.63) is 92.5 Å². The van der Waals surface area contributed by atoms with Gasteiger partial charge in [0.1, 0.15) is 4.90 Å². The lowest BCUT2D eigenvalue weighted by molar-refractivity contribution is -0.387. The number of rotatable bonds is 5. The van der Waals surface area contributed by atoms with Crippen LogP contribution in [0.1, 0.15) is 10.4 Å². The molecule has 0 aliphatic carbocycles. The lowest BCUT2D eigenvalue weighted by Gasteiger charge is -2.12. The number of amides is 1. The highest BCUT2D eigenvalue weighted by molar-refractivity contribution is 7.91. The fraction of sp³-hybridized carbons (Fsp3) is 0. The molecule has 10 heteroatoms. The van der Waals surface area contributed by atoms with Crippen LogP contribution in [0.2, 0.25) is 10.0 Å². The van der Waals surface area contributed by atoms with Crippen molar-refractivity contribution in [3.8, 4) is 0 Å². The van der Waals surface area contributed by atoms with Crippen LogP contribution in [0.3, 0.4) is 0 Å². The first-order valence-corrected chi connectivity index (χ1v) is 10.3. The van der Waals surface area contributed by atoms with Crippen molar-refractivity contribution in [2.45, 2.75) is 9.79 Å². The van der Waals surface area contributed by atoms with Crippen LogP contribution in [0.4, 0.5) is 11.4 Å². The molecule has 0 saturated heterocycles. The normalized spacial score (nSPS) is 11.1. The predicted molar refractivity (Wildman–Crippen MR) is 109 cm³/mol. The molecule has 1 N–H and O–H groups in total. The SMILES string of the molecule is O=C(Nc1ccc(Cl)c(Cl)c1)c1ccccc1S(=O)(=O)c1ccccc1[N+](=O)[O-]. The molecule has 0 aliphatic rings. The summed E-state index contributed by atoms with van der Waals surface area (Å²) in [4.78, 5) is 22.4. The summed E-state index contributed by atoms with van der Waals surface area (Å²) in [6.45, 7) is 0. The van der Waals surface area contributed by atoms with Crippen LogP contribution in [-0.4, -0.2) is 19.2 Å². The number of nitro benzene ring substituents is 1. The second kappa shape index (κ2) is 8.20. The van der Waals surface area contributed by atoms with Crippen molar-refractivity contribution in [2.75, 3.05) is 5.32 Å². The van der Waals surface area contributed by atoms with E-state index in [1.165, 1.54) is 54.6 Å². The Morgan fingerprint density at radius 2 is 1.52 bits per heavy atom. The van der Waals surface area contributed by atoms with Crippen LogP contribution in [0, 0.1) is 10.1 Å². The molecule has 0 saturated carbocycles. The van der Waals surface area contributed by atoms with E-state index in [-0.39, 0.29) is 15.5 Å². The molecule has 0 radical (unpaired) electrons. The summed E-state index contributed by atoms with van der Waals surface area (Å²) < 4.78 is 26.2. The topological polar surface area (TPSA) is 106 Å². The van der Waals surface area contributed by atoms with Gasteiger partial charge in [-0.15, -0.1) is 0 Å². The smallest absolute Gasteiger partial charge is 0.288 e. The first kappa shape index (κ1) is 20.8. The third-order valence-corrected chi connectivity index (χ3v) is 6.55. The van der Waals surface area contributed by atoms with Gasteiger partial charge in [-0.05, 0) is 36.4 Å². The fourth-order valence-corrected chi connectivity index (χ4v) is 4.53. The minimum atomic E-state index is -4.35. The number of sulfone groups is 1. The molecular weight excluding hydrogens is 439 g/mol. The number of para-hydroxylation sites is 1. The fourth-order valence-electron chi connectivity index (χ4n) is 2.61. The van der Waals surface area contributed by atoms with Crippen LogP contribution in [0.25, 0.3) is 0 Å². The monoisotopic (exact) mass is 450 g/mol. The number of carbonyl (C=O) groups is 1. The molecule has 0 unspecified atom stereocenters. The number of hydrogen-bond donors (Lipinski definition) is 1. The van der Waals surface area contributed by atoms with E-state index in [1.54, 1.807) is 0 Å². The molecule has 0 bridgehead atoms. The molecule has 148 valence electrons. The maximum absolute atomic E-state index is 13.1. The van der Waals surface area contributed by atoms with Gasteiger partial charge in [-0.1, -0.05) is 47.5 Å². The minimum absolute atomic E-state index is 0.170. The summed E-state index contributed by atoms with van der Waals surface area (Å²) in [5.41, 5.74) is -0.439. The average Bonchev–Trinajstić information content (AvgIpc) is 2.70. The molecule has 3 aromatic rings. The van der Waals surface area contributed by atoms with Crippen molar-refractivity contribution in [2.24, 2.45) is 0 Å². The number of nitrogens with zero attached hydrogens (tertiary/aromatic N) is 1. The highest BCUT2D eigenvalue weighted by Gasteiger charge is 2.30. The molecule has 3 aromatic carbocycles. The number of nitrogens with one attached hydrogen (secondary N) is 1. The Labute approximate surface area is 176 Å². The Balaban J connectivity index is 2.06. The van der Waals surface area contributed by atoms with Crippen molar-refractivity contribution in [1.82, 2.24) is 0 Å². The Kier molecular flexibility index (Phi) is 5.88. The largest absolute Gasteiger partial charge is 0.322 e. The molecule has 3 rings (SSSR count). The van der Waals surface area contributed by atoms with Gasteiger partial charge < -0.3 is 5.32 Å². The average molecular weight is 451 g/mol. The standard InChI is InChI=1S/C19H12Cl2N2O5S/c20-14-10-9-12(11-15(14)21)22-19(24)13-5-1-3-7-17(13)29(27,28)18-8-4-2-6-16(18)23(25)26/h1-11H,(H,22,24). The van der Waals surface area contributed by atoms with Crippen molar-refractivity contribution < 1.29 is 18.1 Å². The van der Waals surface area contributed by atoms with Gasteiger partial charge in [-0.25, -0.2) is 8.42 Å². The van der Waals surface area contributed by atoms with Crippen LogP contribution in [-0.2, 0) is 9.84 Å². The summed E-state index contributed by atoms with van der Waals surface area (Å²) in [7, 11) is -4.35. The summed E-state index contributed by atoms with van der Waals surface area (Å²) in [5, 5.41) is 14.3. The molecule has 0 spiro atoms. The molecule has 0 aromatic heterocycles. The van der Waals surface area contributed by atoms with E-state index in [0.29, 0.717) is 10.7 Å². The summed E-state index contributed by atoms with van der Waals surface area (Å²) in [6, 6.07) is 14.8. The van der Waals surface area contributed by atoms with Gasteiger partial charge in [-0.3, -0.25) is 14.9 Å². The Morgan fingerprint density at radius 1 is 0.897 bits per heavy atom. The minimum Gasteiger partial charge on any atom is -0.322 e. The maximum Gasteiger partial charge on any atom is 0.288 e. The zero-order valence-electron chi connectivity index (χ0n) is 14.5. The van der Waals surface area contributed by atoms with Gasteiger partial charge in [0, 0.05) is 11.8 Å². The van der Waals surface area contributed by atoms with Crippen LogP contribution in [0.5, 0.6) is 0 Å². The maximum atomic E-state index is 13.1. The van der Waals surface area contributed by atoms with Crippen LogP contribution in [0.15, 0.2) is 76.5 Å². The third-order valence-electron chi connectivity index (χ3n) is 3.95. The Bertz CT molecular complexity index is 1230. The zero-order valence-corrected chi connectivity index (χ0v) is 16.8. The highest BCUT2D eigenvalue weighted by Crippen LogP contribution is 2.31. The van der Waals surface area contributed by atoms with Crippen LogP contribution >= 0.6 is 23.2 Å². The molecular formula is C19H12Cl2N2O5S. The van der Waals surface area contributed by atoms with Gasteiger partial charge in [0.05, 0.1) is 25.4 Å². The van der Waals surface area contributed by atoms with Crippen molar-refractivity contribution in [1.29, 1.82) is 0 Å². The number of nitro groups is 1. The number of hydrogen-bond acceptors (Lipinski definition) is 5. The van der Waals surface area contributed by atoms with Crippen LogP contribution < -0.4 is 5.32 Å². The van der Waals surface area contributed by atoms with Gasteiger partial charge >= 0.3 is 0 Å². The van der Waals surface area contributed by atoms with E-state index in [0.717, 1.165) is 12.1 Å². The molecule has 0 heterocycles. The predicted octanol–water partition coefficient (Wildman–Crippen LogP) is 4.99. The molecule has 0 fully saturated rings. The first-order chi connectivity index (χ1) is 13.7. The summed E-state index contributed by atoms with van der Waals surface area (Å²) in [5.74, 6) is -0.721. The molecule has 0 aliphatic heterocycles. The highest BCUT2D eigenvalue weighted by atomic mass is 35.5. The first-order valence-electron chi connectivity index (χ1n) is 8.06. The Hall–Kier alpha value is -2.94. The number of anilines is 1. The number of halogens is 2. The number of benzene rings is 3. The lowest BCUT2D eigenvalue weighted by Crippen LogP contribution is -2.17. The van der Waals surface area contributed by atoms with Crippen molar-refractivity contribution in [3.63, 3.8) is 0 Å². The van der Waals surface area contributed by atoms with Crippen molar-refractivity contribution >= 4 is 50.3 Å². The van der Waals surface area contributed by atoms with E-state index < -0.39 is 31.3 Å². The van der Waals surface area contributed by atoms with Gasteiger partial charge in [0.15, 0.2) is 0 Å². The summed E-state index contributed by atoms with van der Waals surface area (Å²) >= 11 is 11.8. The third kappa shape index (κ3) is 4.24. The number of carbonyl (C=O) groups excluding carboxylic acids is 1. The Morgan fingerprint density at radius 3 is 2.17 bits per heavy atom. The molecule has 29 heavy (non-hydrogen) atoms. The van der Waals surface area contributed by atoms with E-state index in [4.69, 9.17) is 23.2 Å². The lowest BCUT2D eigenvalue weighted by atomic mass is 10.2. The molecule has 0 atom stereocenters. The van der Waals surface area contributed by atoms with Gasteiger partial charge in [0.2, 0.25) is 9.84 Å². The quantitative estimate of drug-likeness (QED) is 0.435.